The van der Waals surface area contributed by atoms with Gasteiger partial charge < -0.3 is 9.47 Å². The predicted molar refractivity (Wildman–Crippen MR) is 108 cm³/mol. The van der Waals surface area contributed by atoms with Gasteiger partial charge in [-0.1, -0.05) is 23.7 Å². The highest BCUT2D eigenvalue weighted by Crippen LogP contribution is 2.41. The molecule has 1 aliphatic heterocycles. The molecule has 0 spiro atoms. The molecule has 2 heterocycles. The molecule has 9 heteroatoms. The number of halogens is 2. The van der Waals surface area contributed by atoms with E-state index in [-0.39, 0.29) is 18.4 Å². The van der Waals surface area contributed by atoms with Crippen molar-refractivity contribution in [1.82, 2.24) is 14.8 Å². The van der Waals surface area contributed by atoms with E-state index >= 15 is 0 Å². The number of nitrogens with zero attached hydrogens (tertiary/aromatic N) is 3. The number of rotatable bonds is 5. The van der Waals surface area contributed by atoms with Crippen LogP contribution in [0.25, 0.3) is 0 Å². The fourth-order valence-corrected chi connectivity index (χ4v) is 3.91. The van der Waals surface area contributed by atoms with Crippen LogP contribution >= 0.6 is 27.5 Å². The Morgan fingerprint density at radius 2 is 2.21 bits per heavy atom. The lowest BCUT2D eigenvalue weighted by Crippen LogP contribution is -2.29. The standard InChI is InChI=1S/C19H16BrClN4O3/c1-27-16-7-12(15-8-17(26)24-19-22-10-23-25(15)19)6-14(20)18(16)28-9-11-3-2-4-13(21)5-11/h2-7,10,15H,8-9H2,1H3,(H,22,23,24,26). The Morgan fingerprint density at radius 3 is 3.00 bits per heavy atom. The van der Waals surface area contributed by atoms with Crippen LogP contribution in [0.3, 0.4) is 0 Å². The first-order chi connectivity index (χ1) is 13.5. The Balaban J connectivity index is 1.64. The van der Waals surface area contributed by atoms with Crippen LogP contribution < -0.4 is 14.8 Å². The molecule has 28 heavy (non-hydrogen) atoms. The summed E-state index contributed by atoms with van der Waals surface area (Å²) in [5.74, 6) is 1.45. The Kier molecular flexibility index (Phi) is 5.23. The summed E-state index contributed by atoms with van der Waals surface area (Å²) in [4.78, 5) is 16.1. The van der Waals surface area contributed by atoms with Gasteiger partial charge in [0.15, 0.2) is 11.5 Å². The van der Waals surface area contributed by atoms with Crippen molar-refractivity contribution in [2.24, 2.45) is 0 Å². The minimum atomic E-state index is -0.279. The first-order valence-electron chi connectivity index (χ1n) is 8.49. The normalized spacial score (nSPS) is 15.7. The number of nitrogens with one attached hydrogen (secondary N) is 1. The van der Waals surface area contributed by atoms with E-state index in [4.69, 9.17) is 21.1 Å². The number of anilines is 1. The van der Waals surface area contributed by atoms with Crippen LogP contribution in [0.15, 0.2) is 47.2 Å². The van der Waals surface area contributed by atoms with Gasteiger partial charge in [0.1, 0.15) is 12.9 Å². The summed E-state index contributed by atoms with van der Waals surface area (Å²) in [6.07, 6.45) is 1.68. The minimum absolute atomic E-state index is 0.109. The molecule has 3 aromatic rings. The molecule has 1 N–H and O–H groups in total. The van der Waals surface area contributed by atoms with Crippen molar-refractivity contribution in [1.29, 1.82) is 0 Å². The molecule has 0 fully saturated rings. The maximum Gasteiger partial charge on any atom is 0.229 e. The van der Waals surface area contributed by atoms with Crippen molar-refractivity contribution in [2.45, 2.75) is 19.1 Å². The number of hydrogen-bond acceptors (Lipinski definition) is 5. The number of benzene rings is 2. The molecule has 4 rings (SSSR count). The van der Waals surface area contributed by atoms with E-state index in [9.17, 15) is 4.79 Å². The summed E-state index contributed by atoms with van der Waals surface area (Å²) >= 11 is 9.59. The number of hydrogen-bond donors (Lipinski definition) is 1. The summed E-state index contributed by atoms with van der Waals surface area (Å²) < 4.78 is 13.9. The van der Waals surface area contributed by atoms with Gasteiger partial charge in [-0.3, -0.25) is 10.1 Å². The number of amides is 1. The zero-order valence-electron chi connectivity index (χ0n) is 14.9. The van der Waals surface area contributed by atoms with E-state index < -0.39 is 0 Å². The summed E-state index contributed by atoms with van der Waals surface area (Å²) in [5, 5.41) is 7.60. The number of ether oxygens (including phenoxy) is 2. The molecule has 0 saturated heterocycles. The van der Waals surface area contributed by atoms with Gasteiger partial charge in [-0.25, -0.2) is 4.68 Å². The molecular weight excluding hydrogens is 448 g/mol. The first-order valence-corrected chi connectivity index (χ1v) is 9.66. The molecule has 0 saturated carbocycles. The summed E-state index contributed by atoms with van der Waals surface area (Å²) in [7, 11) is 1.58. The lowest BCUT2D eigenvalue weighted by Gasteiger charge is -2.25. The Bertz CT molecular complexity index is 1040. The van der Waals surface area contributed by atoms with Crippen molar-refractivity contribution < 1.29 is 14.3 Å². The van der Waals surface area contributed by atoms with Crippen LogP contribution in [0, 0.1) is 0 Å². The zero-order chi connectivity index (χ0) is 19.7. The average Bonchev–Trinajstić information content (AvgIpc) is 3.14. The van der Waals surface area contributed by atoms with Crippen molar-refractivity contribution in [3.8, 4) is 11.5 Å². The van der Waals surface area contributed by atoms with Gasteiger partial charge in [0.25, 0.3) is 0 Å². The molecule has 0 radical (unpaired) electrons. The Hall–Kier alpha value is -2.58. The summed E-state index contributed by atoms with van der Waals surface area (Å²) in [6.45, 7) is 0.341. The number of carbonyl (C=O) groups is 1. The van der Waals surface area contributed by atoms with Crippen molar-refractivity contribution >= 4 is 39.4 Å². The van der Waals surface area contributed by atoms with Crippen molar-refractivity contribution in [3.05, 3.63) is 63.3 Å². The third-order valence-corrected chi connectivity index (χ3v) is 5.23. The third-order valence-electron chi connectivity index (χ3n) is 4.41. The van der Waals surface area contributed by atoms with Gasteiger partial charge in [-0.15, -0.1) is 0 Å². The van der Waals surface area contributed by atoms with Gasteiger partial charge in [-0.05, 0) is 51.3 Å². The van der Waals surface area contributed by atoms with Crippen LogP contribution in [0.2, 0.25) is 5.02 Å². The summed E-state index contributed by atoms with van der Waals surface area (Å²) in [5.41, 5.74) is 1.81. The molecule has 1 amide bonds. The maximum atomic E-state index is 12.0. The monoisotopic (exact) mass is 462 g/mol. The Morgan fingerprint density at radius 1 is 1.36 bits per heavy atom. The SMILES string of the molecule is COc1cc(C2CC(=O)Nc3ncnn32)cc(Br)c1OCc1cccc(Cl)c1. The molecular formula is C19H16BrClN4O3. The third kappa shape index (κ3) is 3.70. The van der Waals surface area contributed by atoms with Gasteiger partial charge in [0, 0.05) is 5.02 Å². The minimum Gasteiger partial charge on any atom is -0.493 e. The fourth-order valence-electron chi connectivity index (χ4n) is 3.12. The first kappa shape index (κ1) is 18.8. The fraction of sp³-hybridized carbons (Fsp3) is 0.211. The van der Waals surface area contributed by atoms with Gasteiger partial charge >= 0.3 is 0 Å². The predicted octanol–water partition coefficient (Wildman–Crippen LogP) is 4.21. The van der Waals surface area contributed by atoms with Gasteiger partial charge in [0.2, 0.25) is 11.9 Å². The topological polar surface area (TPSA) is 78.3 Å². The molecule has 0 aliphatic carbocycles. The van der Waals surface area contributed by atoms with Gasteiger partial charge in [-0.2, -0.15) is 10.1 Å². The quantitative estimate of drug-likeness (QED) is 0.613. The van der Waals surface area contributed by atoms with E-state index in [1.54, 1.807) is 11.8 Å². The van der Waals surface area contributed by atoms with Crippen LogP contribution in [-0.4, -0.2) is 27.8 Å². The highest BCUT2D eigenvalue weighted by Gasteiger charge is 2.29. The van der Waals surface area contributed by atoms with Crippen molar-refractivity contribution in [3.63, 3.8) is 0 Å². The second kappa shape index (κ2) is 7.81. The smallest absolute Gasteiger partial charge is 0.229 e. The van der Waals surface area contributed by atoms with Crippen LogP contribution in [-0.2, 0) is 11.4 Å². The molecule has 1 unspecified atom stereocenters. The molecule has 1 atom stereocenters. The largest absolute Gasteiger partial charge is 0.493 e. The lowest BCUT2D eigenvalue weighted by molar-refractivity contribution is -0.117. The van der Waals surface area contributed by atoms with E-state index in [2.05, 4.69) is 31.3 Å². The molecule has 1 aromatic heterocycles. The lowest BCUT2D eigenvalue weighted by atomic mass is 10.0. The van der Waals surface area contributed by atoms with Crippen LogP contribution in [0.4, 0.5) is 5.95 Å². The van der Waals surface area contributed by atoms with E-state index in [1.807, 2.05) is 36.4 Å². The van der Waals surface area contributed by atoms with E-state index in [0.717, 1.165) is 15.6 Å². The average molecular weight is 464 g/mol. The Labute approximate surface area is 174 Å². The van der Waals surface area contributed by atoms with Crippen LogP contribution in [0.1, 0.15) is 23.6 Å². The summed E-state index contributed by atoms with van der Waals surface area (Å²) in [6, 6.07) is 11.0. The second-order valence-electron chi connectivity index (χ2n) is 6.25. The van der Waals surface area contributed by atoms with Crippen LogP contribution in [0.5, 0.6) is 11.5 Å². The maximum absolute atomic E-state index is 12.0. The zero-order valence-corrected chi connectivity index (χ0v) is 17.2. The molecule has 144 valence electrons. The highest BCUT2D eigenvalue weighted by molar-refractivity contribution is 9.10. The highest BCUT2D eigenvalue weighted by atomic mass is 79.9. The van der Waals surface area contributed by atoms with E-state index in [1.165, 1.54) is 6.33 Å². The molecule has 7 nitrogen and oxygen atoms in total. The number of fused-ring (bicyclic) bond motifs is 1. The number of methoxy groups -OCH3 is 1. The van der Waals surface area contributed by atoms with E-state index in [0.29, 0.717) is 29.1 Å². The molecule has 1 aliphatic rings. The number of carbonyl (C=O) groups excluding carboxylic acids is 1. The van der Waals surface area contributed by atoms with Crippen molar-refractivity contribution in [2.75, 3.05) is 12.4 Å². The number of aromatic nitrogens is 3. The second-order valence-corrected chi connectivity index (χ2v) is 7.54. The molecule has 0 bridgehead atoms. The molecule has 2 aromatic carbocycles. The van der Waals surface area contributed by atoms with Gasteiger partial charge in [0.05, 0.1) is 24.0 Å².